The van der Waals surface area contributed by atoms with Gasteiger partial charge in [-0.05, 0) is 37.5 Å². The van der Waals surface area contributed by atoms with Crippen LogP contribution in [0.4, 0.5) is 4.39 Å². The van der Waals surface area contributed by atoms with Crippen molar-refractivity contribution in [3.8, 4) is 5.75 Å². The first kappa shape index (κ1) is 23.9. The molecule has 1 unspecified atom stereocenters. The number of hydrogen-bond acceptors (Lipinski definition) is 4. The molecule has 1 aliphatic heterocycles. The molecule has 2 rings (SSSR count). The van der Waals surface area contributed by atoms with Gasteiger partial charge in [-0.3, -0.25) is 4.99 Å². The Hall–Kier alpha value is -1.13. The zero-order valence-corrected chi connectivity index (χ0v) is 18.7. The maximum Gasteiger partial charge on any atom is 0.194 e. The van der Waals surface area contributed by atoms with Gasteiger partial charge in [0.05, 0.1) is 33.0 Å². The average molecular weight is 495 g/mol. The molecule has 0 amide bonds. The Balaban J connectivity index is 0.00000364. The quantitative estimate of drug-likeness (QED) is 0.247. The van der Waals surface area contributed by atoms with Crippen LogP contribution in [0.2, 0.25) is 0 Å². The van der Waals surface area contributed by atoms with Gasteiger partial charge in [-0.25, -0.2) is 4.39 Å². The van der Waals surface area contributed by atoms with Crippen molar-refractivity contribution in [1.29, 1.82) is 0 Å². The van der Waals surface area contributed by atoms with Crippen LogP contribution in [0.1, 0.15) is 25.3 Å². The predicted octanol–water partition coefficient (Wildman–Crippen LogP) is 3.05. The summed E-state index contributed by atoms with van der Waals surface area (Å²) in [6, 6.07) is 4.98. The van der Waals surface area contributed by atoms with E-state index in [0.717, 1.165) is 37.5 Å². The lowest BCUT2D eigenvalue weighted by molar-refractivity contribution is 0.0199. The number of guanidine groups is 1. The van der Waals surface area contributed by atoms with Gasteiger partial charge in [-0.1, -0.05) is 6.07 Å². The van der Waals surface area contributed by atoms with Crippen LogP contribution in [0.5, 0.6) is 5.75 Å². The van der Waals surface area contributed by atoms with Gasteiger partial charge in [0.15, 0.2) is 17.5 Å². The van der Waals surface area contributed by atoms with E-state index in [1.165, 1.54) is 13.2 Å². The number of nitrogens with zero attached hydrogens (tertiary/aromatic N) is 2. The minimum Gasteiger partial charge on any atom is -0.494 e. The fourth-order valence-electron chi connectivity index (χ4n) is 2.83. The van der Waals surface area contributed by atoms with E-state index >= 15 is 0 Å². The molecular formula is C19H31FIN3O3. The molecule has 27 heavy (non-hydrogen) atoms. The zero-order chi connectivity index (χ0) is 18.8. The molecule has 1 saturated heterocycles. The first-order chi connectivity index (χ1) is 12.6. The van der Waals surface area contributed by atoms with Gasteiger partial charge in [0.2, 0.25) is 0 Å². The lowest BCUT2D eigenvalue weighted by Gasteiger charge is -2.22. The van der Waals surface area contributed by atoms with Crippen LogP contribution in [-0.2, 0) is 16.0 Å². The number of aliphatic imine (C=N–C) groups is 1. The Kier molecular flexibility index (Phi) is 11.6. The molecule has 154 valence electrons. The van der Waals surface area contributed by atoms with Crippen LogP contribution < -0.4 is 10.1 Å². The van der Waals surface area contributed by atoms with Gasteiger partial charge in [0.1, 0.15) is 0 Å². The summed E-state index contributed by atoms with van der Waals surface area (Å²) in [5, 5.41) is 3.25. The smallest absolute Gasteiger partial charge is 0.194 e. The number of rotatable bonds is 9. The molecule has 1 aromatic rings. The van der Waals surface area contributed by atoms with Crippen molar-refractivity contribution < 1.29 is 18.6 Å². The molecule has 0 aliphatic carbocycles. The van der Waals surface area contributed by atoms with Crippen molar-refractivity contribution in [1.82, 2.24) is 10.2 Å². The number of nitrogens with one attached hydrogen (secondary N) is 1. The SMILES string of the molecule is CCNC(=NCCOCC1CCCO1)N(C)Cc1ccc(OC)c(F)c1.I. The summed E-state index contributed by atoms with van der Waals surface area (Å²) in [6.07, 6.45) is 2.43. The Morgan fingerprint density at radius 2 is 2.26 bits per heavy atom. The van der Waals surface area contributed by atoms with E-state index in [1.807, 2.05) is 24.9 Å². The standard InChI is InChI=1S/C19H30FN3O3.HI/c1-4-21-19(22-9-11-25-14-16-6-5-10-26-16)23(2)13-15-7-8-18(24-3)17(20)12-15;/h7-8,12,16H,4-6,9-11,13-14H2,1-3H3,(H,21,22);1H. The van der Waals surface area contributed by atoms with Crippen LogP contribution in [0.25, 0.3) is 0 Å². The summed E-state index contributed by atoms with van der Waals surface area (Å²) >= 11 is 0. The minimum atomic E-state index is -0.358. The molecule has 1 aromatic carbocycles. The average Bonchev–Trinajstić information content (AvgIpc) is 3.14. The molecule has 1 fully saturated rings. The molecule has 1 atom stereocenters. The van der Waals surface area contributed by atoms with E-state index in [2.05, 4.69) is 10.3 Å². The summed E-state index contributed by atoms with van der Waals surface area (Å²) in [5.74, 6) is 0.660. The molecule has 0 radical (unpaired) electrons. The van der Waals surface area contributed by atoms with Gasteiger partial charge in [0.25, 0.3) is 0 Å². The molecule has 0 spiro atoms. The van der Waals surface area contributed by atoms with Crippen molar-refractivity contribution in [2.75, 3.05) is 47.1 Å². The minimum absolute atomic E-state index is 0. The van der Waals surface area contributed by atoms with Crippen LogP contribution in [0, 0.1) is 5.82 Å². The summed E-state index contributed by atoms with van der Waals surface area (Å²) in [4.78, 5) is 6.54. The number of methoxy groups -OCH3 is 1. The van der Waals surface area contributed by atoms with E-state index in [9.17, 15) is 4.39 Å². The fourth-order valence-corrected chi connectivity index (χ4v) is 2.83. The van der Waals surface area contributed by atoms with Crippen LogP contribution >= 0.6 is 24.0 Å². The maximum absolute atomic E-state index is 13.8. The van der Waals surface area contributed by atoms with Crippen molar-refractivity contribution in [3.05, 3.63) is 29.6 Å². The Bertz CT molecular complexity index is 583. The van der Waals surface area contributed by atoms with E-state index in [1.54, 1.807) is 6.07 Å². The van der Waals surface area contributed by atoms with Crippen molar-refractivity contribution in [2.24, 2.45) is 4.99 Å². The number of benzene rings is 1. The molecule has 1 N–H and O–H groups in total. The third-order valence-corrected chi connectivity index (χ3v) is 4.16. The van der Waals surface area contributed by atoms with Gasteiger partial charge in [-0.15, -0.1) is 24.0 Å². The molecular weight excluding hydrogens is 464 g/mol. The molecule has 0 bridgehead atoms. The third-order valence-electron chi connectivity index (χ3n) is 4.16. The van der Waals surface area contributed by atoms with E-state index in [0.29, 0.717) is 26.3 Å². The van der Waals surface area contributed by atoms with Crippen molar-refractivity contribution in [3.63, 3.8) is 0 Å². The molecule has 1 aliphatic rings. The monoisotopic (exact) mass is 495 g/mol. The highest BCUT2D eigenvalue weighted by atomic mass is 127. The summed E-state index contributed by atoms with van der Waals surface area (Å²) < 4.78 is 30.0. The van der Waals surface area contributed by atoms with E-state index in [4.69, 9.17) is 14.2 Å². The molecule has 6 nitrogen and oxygen atoms in total. The Labute approximate surface area is 178 Å². The third kappa shape index (κ3) is 8.18. The van der Waals surface area contributed by atoms with Crippen LogP contribution in [0.15, 0.2) is 23.2 Å². The second-order valence-electron chi connectivity index (χ2n) is 6.27. The lowest BCUT2D eigenvalue weighted by atomic mass is 10.2. The first-order valence-electron chi connectivity index (χ1n) is 9.15. The van der Waals surface area contributed by atoms with Crippen molar-refractivity contribution in [2.45, 2.75) is 32.4 Å². The van der Waals surface area contributed by atoms with Gasteiger partial charge in [-0.2, -0.15) is 0 Å². The summed E-state index contributed by atoms with van der Waals surface area (Å²) in [5.41, 5.74) is 0.853. The Morgan fingerprint density at radius 3 is 2.89 bits per heavy atom. The van der Waals surface area contributed by atoms with Gasteiger partial charge >= 0.3 is 0 Å². The predicted molar refractivity (Wildman–Crippen MR) is 116 cm³/mol. The number of ether oxygens (including phenoxy) is 3. The zero-order valence-electron chi connectivity index (χ0n) is 16.4. The highest BCUT2D eigenvalue weighted by molar-refractivity contribution is 14.0. The number of hydrogen-bond donors (Lipinski definition) is 1. The second kappa shape index (κ2) is 13.1. The lowest BCUT2D eigenvalue weighted by Crippen LogP contribution is -2.38. The maximum atomic E-state index is 13.8. The second-order valence-corrected chi connectivity index (χ2v) is 6.27. The Morgan fingerprint density at radius 1 is 1.44 bits per heavy atom. The van der Waals surface area contributed by atoms with Crippen molar-refractivity contribution >= 4 is 29.9 Å². The highest BCUT2D eigenvalue weighted by Crippen LogP contribution is 2.18. The number of halogens is 2. The molecule has 0 aromatic heterocycles. The fraction of sp³-hybridized carbons (Fsp3) is 0.632. The van der Waals surface area contributed by atoms with E-state index in [-0.39, 0.29) is 41.6 Å². The molecule has 8 heteroatoms. The summed E-state index contributed by atoms with van der Waals surface area (Å²) in [6.45, 7) is 5.92. The normalized spacial score (nSPS) is 16.7. The molecule has 1 heterocycles. The van der Waals surface area contributed by atoms with Crippen LogP contribution in [0.3, 0.4) is 0 Å². The van der Waals surface area contributed by atoms with E-state index < -0.39 is 0 Å². The first-order valence-corrected chi connectivity index (χ1v) is 9.15. The molecule has 0 saturated carbocycles. The summed E-state index contributed by atoms with van der Waals surface area (Å²) in [7, 11) is 3.39. The van der Waals surface area contributed by atoms with Gasteiger partial charge < -0.3 is 24.4 Å². The highest BCUT2D eigenvalue weighted by Gasteiger charge is 2.15. The largest absolute Gasteiger partial charge is 0.494 e. The van der Waals surface area contributed by atoms with Gasteiger partial charge in [0, 0.05) is 26.7 Å². The van der Waals surface area contributed by atoms with Crippen LogP contribution in [-0.4, -0.2) is 64.0 Å². The topological polar surface area (TPSA) is 55.3 Å².